The molecule has 2 aromatic heterocycles. The maximum atomic E-state index is 12.5. The van der Waals surface area contributed by atoms with Crippen LogP contribution in [-0.2, 0) is 10.0 Å². The largest absolute Gasteiger partial charge is 0.264 e. The lowest BCUT2D eigenvalue weighted by Crippen LogP contribution is -2.15. The third kappa shape index (κ3) is 4.82. The topological polar surface area (TPSA) is 84.8 Å². The molecule has 11 heteroatoms. The molecule has 29 heavy (non-hydrogen) atoms. The highest BCUT2D eigenvalue weighted by Crippen LogP contribution is 2.35. The lowest BCUT2D eigenvalue weighted by Gasteiger charge is -2.08. The van der Waals surface area contributed by atoms with Crippen molar-refractivity contribution in [3.63, 3.8) is 0 Å². The SMILES string of the molecule is Cc1nc(NS(=O)(=O)c2ccc(Cl)cc2)ncc1Sc1nc2cc(I)ccc2s1. The van der Waals surface area contributed by atoms with Gasteiger partial charge >= 0.3 is 0 Å². The predicted octanol–water partition coefficient (Wildman–Crippen LogP) is 5.60. The van der Waals surface area contributed by atoms with Crippen molar-refractivity contribution < 1.29 is 8.42 Å². The molecule has 0 spiro atoms. The molecule has 0 aliphatic carbocycles. The van der Waals surface area contributed by atoms with Crippen LogP contribution in [0.4, 0.5) is 5.95 Å². The van der Waals surface area contributed by atoms with Crippen LogP contribution in [0, 0.1) is 10.5 Å². The van der Waals surface area contributed by atoms with E-state index in [0.29, 0.717) is 10.7 Å². The van der Waals surface area contributed by atoms with Crippen LogP contribution in [0.25, 0.3) is 10.2 Å². The number of hydrogen-bond donors (Lipinski definition) is 1. The van der Waals surface area contributed by atoms with Gasteiger partial charge in [0, 0.05) is 14.8 Å². The van der Waals surface area contributed by atoms with E-state index in [1.54, 1.807) is 24.5 Å². The van der Waals surface area contributed by atoms with Crippen molar-refractivity contribution in [1.29, 1.82) is 0 Å². The Bertz CT molecular complexity index is 1310. The maximum absolute atomic E-state index is 12.5. The van der Waals surface area contributed by atoms with Gasteiger partial charge < -0.3 is 0 Å². The summed E-state index contributed by atoms with van der Waals surface area (Å²) in [7, 11) is -3.79. The molecule has 2 aromatic carbocycles. The van der Waals surface area contributed by atoms with Crippen molar-refractivity contribution in [2.75, 3.05) is 4.72 Å². The van der Waals surface area contributed by atoms with Gasteiger partial charge in [-0.05, 0) is 72.0 Å². The number of sulfonamides is 1. The van der Waals surface area contributed by atoms with Crippen LogP contribution >= 0.6 is 57.3 Å². The van der Waals surface area contributed by atoms with Crippen LogP contribution in [0.3, 0.4) is 0 Å². The van der Waals surface area contributed by atoms with E-state index < -0.39 is 10.0 Å². The van der Waals surface area contributed by atoms with Crippen molar-refractivity contribution in [3.05, 3.63) is 62.9 Å². The van der Waals surface area contributed by atoms with Crippen molar-refractivity contribution in [3.8, 4) is 0 Å². The van der Waals surface area contributed by atoms with Gasteiger partial charge in [0.1, 0.15) is 0 Å². The summed E-state index contributed by atoms with van der Waals surface area (Å²) in [5.74, 6) is 0.0145. The second kappa shape index (κ2) is 8.34. The molecule has 1 N–H and O–H groups in total. The zero-order chi connectivity index (χ0) is 20.6. The fraction of sp³-hybridized carbons (Fsp3) is 0.0556. The number of aryl methyl sites for hydroxylation is 1. The minimum Gasteiger partial charge on any atom is -0.247 e. The van der Waals surface area contributed by atoms with Gasteiger partial charge in [-0.15, -0.1) is 11.3 Å². The number of fused-ring (bicyclic) bond motifs is 1. The average molecular weight is 575 g/mol. The number of thiazole rings is 1. The lowest BCUT2D eigenvalue weighted by molar-refractivity contribution is 0.600. The number of benzene rings is 2. The molecule has 4 aromatic rings. The fourth-order valence-electron chi connectivity index (χ4n) is 2.42. The van der Waals surface area contributed by atoms with Crippen LogP contribution in [0.5, 0.6) is 0 Å². The fourth-order valence-corrected chi connectivity index (χ4v) is 5.98. The number of anilines is 1. The zero-order valence-electron chi connectivity index (χ0n) is 14.8. The highest BCUT2D eigenvalue weighted by molar-refractivity contribution is 14.1. The Morgan fingerprint density at radius 1 is 1.14 bits per heavy atom. The first kappa shape index (κ1) is 20.8. The van der Waals surface area contributed by atoms with E-state index in [2.05, 4.69) is 48.3 Å². The first-order valence-electron chi connectivity index (χ1n) is 8.16. The van der Waals surface area contributed by atoms with E-state index in [-0.39, 0.29) is 10.8 Å². The summed E-state index contributed by atoms with van der Waals surface area (Å²) in [6.07, 6.45) is 1.60. The van der Waals surface area contributed by atoms with Gasteiger partial charge in [-0.25, -0.2) is 28.1 Å². The molecule has 0 bridgehead atoms. The molecule has 0 fully saturated rings. The van der Waals surface area contributed by atoms with Crippen molar-refractivity contribution in [1.82, 2.24) is 15.0 Å². The minimum absolute atomic E-state index is 0.0145. The molecular formula is C18H12ClIN4O2S3. The molecule has 0 atom stereocenters. The molecule has 0 saturated heterocycles. The molecule has 148 valence electrons. The number of aromatic nitrogens is 3. The van der Waals surface area contributed by atoms with E-state index >= 15 is 0 Å². The summed E-state index contributed by atoms with van der Waals surface area (Å²) < 4.78 is 30.5. The van der Waals surface area contributed by atoms with E-state index in [4.69, 9.17) is 11.6 Å². The van der Waals surface area contributed by atoms with E-state index in [9.17, 15) is 8.42 Å². The second-order valence-corrected chi connectivity index (χ2v) is 11.6. The third-order valence-corrected chi connectivity index (χ3v) is 8.30. The molecule has 0 unspecified atom stereocenters. The molecule has 6 nitrogen and oxygen atoms in total. The first-order chi connectivity index (χ1) is 13.8. The Balaban J connectivity index is 1.54. The Kier molecular flexibility index (Phi) is 5.98. The van der Waals surface area contributed by atoms with E-state index in [1.165, 1.54) is 36.0 Å². The van der Waals surface area contributed by atoms with Crippen LogP contribution < -0.4 is 4.72 Å². The van der Waals surface area contributed by atoms with Crippen LogP contribution in [0.15, 0.2) is 62.8 Å². The minimum atomic E-state index is -3.79. The van der Waals surface area contributed by atoms with Gasteiger partial charge in [-0.3, -0.25) is 0 Å². The summed E-state index contributed by atoms with van der Waals surface area (Å²) >= 11 is 11.1. The number of rotatable bonds is 5. The third-order valence-electron chi connectivity index (χ3n) is 3.81. The maximum Gasteiger partial charge on any atom is 0.264 e. The standard InChI is InChI=1S/C18H12ClIN4O2S3/c1-10-16(28-18-23-14-8-12(20)4-7-15(14)27-18)9-21-17(22-10)24-29(25,26)13-5-2-11(19)3-6-13/h2-9H,1H3,(H,21,22,24). The van der Waals surface area contributed by atoms with Gasteiger partial charge in [-0.2, -0.15) is 0 Å². The summed E-state index contributed by atoms with van der Waals surface area (Å²) in [5, 5.41) is 0.460. The van der Waals surface area contributed by atoms with Crippen molar-refractivity contribution in [2.24, 2.45) is 0 Å². The van der Waals surface area contributed by atoms with E-state index in [0.717, 1.165) is 23.0 Å². The molecule has 2 heterocycles. The Morgan fingerprint density at radius 3 is 2.62 bits per heavy atom. The summed E-state index contributed by atoms with van der Waals surface area (Å²) in [6, 6.07) is 12.0. The Hall–Kier alpha value is -1.47. The van der Waals surface area contributed by atoms with Gasteiger partial charge in [0.05, 0.1) is 25.7 Å². The van der Waals surface area contributed by atoms with Crippen LogP contribution in [0.2, 0.25) is 5.02 Å². The van der Waals surface area contributed by atoms with Gasteiger partial charge in [0.15, 0.2) is 4.34 Å². The normalized spacial score (nSPS) is 11.7. The molecule has 0 radical (unpaired) electrons. The highest BCUT2D eigenvalue weighted by Gasteiger charge is 2.17. The first-order valence-corrected chi connectivity index (χ1v) is 12.7. The van der Waals surface area contributed by atoms with Crippen molar-refractivity contribution in [2.45, 2.75) is 21.1 Å². The predicted molar refractivity (Wildman–Crippen MR) is 125 cm³/mol. The van der Waals surface area contributed by atoms with Crippen LogP contribution in [0.1, 0.15) is 5.69 Å². The van der Waals surface area contributed by atoms with Crippen molar-refractivity contribution >= 4 is 83.5 Å². The highest BCUT2D eigenvalue weighted by atomic mass is 127. The molecule has 4 rings (SSSR count). The number of nitrogens with zero attached hydrogens (tertiary/aromatic N) is 3. The lowest BCUT2D eigenvalue weighted by atomic mass is 10.3. The molecule has 0 aliphatic rings. The van der Waals surface area contributed by atoms with E-state index in [1.807, 2.05) is 12.1 Å². The zero-order valence-corrected chi connectivity index (χ0v) is 20.1. The number of nitrogens with one attached hydrogen (secondary N) is 1. The smallest absolute Gasteiger partial charge is 0.247 e. The average Bonchev–Trinajstić information content (AvgIpc) is 3.05. The monoisotopic (exact) mass is 574 g/mol. The second-order valence-electron chi connectivity index (χ2n) is 5.90. The summed E-state index contributed by atoms with van der Waals surface area (Å²) in [5.41, 5.74) is 1.61. The quantitative estimate of drug-likeness (QED) is 0.312. The van der Waals surface area contributed by atoms with Gasteiger partial charge in [0.25, 0.3) is 10.0 Å². The summed E-state index contributed by atoms with van der Waals surface area (Å²) in [4.78, 5) is 14.0. The Labute approximate surface area is 194 Å². The van der Waals surface area contributed by atoms with Gasteiger partial charge in [-0.1, -0.05) is 23.4 Å². The number of hydrogen-bond acceptors (Lipinski definition) is 7. The molecule has 0 aliphatic heterocycles. The molecular weight excluding hydrogens is 563 g/mol. The molecule has 0 amide bonds. The Morgan fingerprint density at radius 2 is 1.90 bits per heavy atom. The van der Waals surface area contributed by atoms with Crippen LogP contribution in [-0.4, -0.2) is 23.4 Å². The summed E-state index contributed by atoms with van der Waals surface area (Å²) in [6.45, 7) is 1.81. The molecule has 0 saturated carbocycles. The number of halogens is 2. The van der Waals surface area contributed by atoms with Gasteiger partial charge in [0.2, 0.25) is 5.95 Å².